The molecule has 0 N–H and O–H groups in total. The molecule has 7 heteroatoms. The molecule has 1 heterocycles. The summed E-state index contributed by atoms with van der Waals surface area (Å²) in [5.41, 5.74) is 2.88. The molecule has 1 aliphatic heterocycles. The van der Waals surface area contributed by atoms with Crippen molar-refractivity contribution in [1.82, 2.24) is 0 Å². The number of β-lactam (4-membered cyclic amide) rings is 1. The number of hydrogen-bond acceptors (Lipinski definition) is 4. The Kier molecular flexibility index (Phi) is 7.68. The molecule has 5 nitrogen and oxygen atoms in total. The molecule has 2 unspecified atom stereocenters. The van der Waals surface area contributed by atoms with Gasteiger partial charge >= 0.3 is 0 Å². The molecule has 4 aromatic carbocycles. The molecule has 1 amide bonds. The van der Waals surface area contributed by atoms with Gasteiger partial charge in [0.2, 0.25) is 5.91 Å². The Morgan fingerprint density at radius 1 is 0.795 bits per heavy atom. The van der Waals surface area contributed by atoms with Gasteiger partial charge in [-0.05, 0) is 90.3 Å². The number of methoxy groups -OCH3 is 1. The molecule has 1 aliphatic rings. The van der Waals surface area contributed by atoms with Gasteiger partial charge in [0.05, 0.1) is 19.1 Å². The van der Waals surface area contributed by atoms with Gasteiger partial charge in [-0.1, -0.05) is 24.3 Å². The van der Waals surface area contributed by atoms with E-state index in [4.69, 9.17) is 9.47 Å². The molecule has 39 heavy (non-hydrogen) atoms. The van der Waals surface area contributed by atoms with E-state index in [9.17, 15) is 18.4 Å². The molecule has 0 bridgehead atoms. The van der Waals surface area contributed by atoms with Crippen LogP contribution >= 0.6 is 0 Å². The van der Waals surface area contributed by atoms with Gasteiger partial charge in [-0.25, -0.2) is 8.78 Å². The average Bonchev–Trinajstić information content (AvgIpc) is 2.96. The SMILES string of the molecule is COc1ccc(COc2ccc(C3C(CCC(=O)c4ccc(F)cc4)C(=O)N3c3ccc(F)cc3)cc2)cc1. The molecule has 0 radical (unpaired) electrons. The minimum Gasteiger partial charge on any atom is -0.497 e. The number of Topliss-reactive ketones (excluding diaryl/α,β-unsaturated/α-hetero) is 1. The van der Waals surface area contributed by atoms with Crippen LogP contribution in [0.15, 0.2) is 97.1 Å². The smallest absolute Gasteiger partial charge is 0.233 e. The van der Waals surface area contributed by atoms with Crippen LogP contribution < -0.4 is 14.4 Å². The van der Waals surface area contributed by atoms with Gasteiger partial charge in [0.25, 0.3) is 0 Å². The van der Waals surface area contributed by atoms with Crippen molar-refractivity contribution >= 4 is 17.4 Å². The number of amides is 1. The summed E-state index contributed by atoms with van der Waals surface area (Å²) in [5.74, 6) is -0.0440. The Bertz CT molecular complexity index is 1440. The average molecular weight is 528 g/mol. The zero-order valence-corrected chi connectivity index (χ0v) is 21.3. The zero-order valence-electron chi connectivity index (χ0n) is 21.3. The van der Waals surface area contributed by atoms with Crippen LogP contribution in [0.1, 0.15) is 40.4 Å². The molecular weight excluding hydrogens is 500 g/mol. The van der Waals surface area contributed by atoms with Crippen molar-refractivity contribution in [3.05, 3.63) is 125 Å². The molecule has 0 aliphatic carbocycles. The maximum absolute atomic E-state index is 13.6. The number of ether oxygens (including phenoxy) is 2. The van der Waals surface area contributed by atoms with E-state index in [-0.39, 0.29) is 30.0 Å². The van der Waals surface area contributed by atoms with Crippen LogP contribution in [0.2, 0.25) is 0 Å². The third-order valence-electron chi connectivity index (χ3n) is 6.95. The summed E-state index contributed by atoms with van der Waals surface area (Å²) in [6.45, 7) is 0.390. The molecule has 1 fully saturated rings. The molecule has 1 saturated heterocycles. The second kappa shape index (κ2) is 11.5. The van der Waals surface area contributed by atoms with Crippen LogP contribution in [-0.2, 0) is 11.4 Å². The lowest BCUT2D eigenvalue weighted by Crippen LogP contribution is -2.55. The van der Waals surface area contributed by atoms with Crippen LogP contribution in [0.3, 0.4) is 0 Å². The summed E-state index contributed by atoms with van der Waals surface area (Å²) in [7, 11) is 1.62. The highest BCUT2D eigenvalue weighted by Crippen LogP contribution is 2.46. The van der Waals surface area contributed by atoms with Crippen LogP contribution in [0.25, 0.3) is 0 Å². The van der Waals surface area contributed by atoms with Gasteiger partial charge in [-0.3, -0.25) is 9.59 Å². The summed E-state index contributed by atoms with van der Waals surface area (Å²) >= 11 is 0. The number of rotatable bonds is 10. The third-order valence-corrected chi connectivity index (χ3v) is 6.95. The van der Waals surface area contributed by atoms with E-state index in [2.05, 4.69) is 0 Å². The van der Waals surface area contributed by atoms with Crippen LogP contribution in [0.5, 0.6) is 11.5 Å². The van der Waals surface area contributed by atoms with E-state index in [1.54, 1.807) is 24.1 Å². The topological polar surface area (TPSA) is 55.8 Å². The number of carbonyl (C=O) groups is 2. The minimum absolute atomic E-state index is 0.127. The first kappa shape index (κ1) is 26.1. The first-order chi connectivity index (χ1) is 18.9. The molecule has 0 saturated carbocycles. The Labute approximate surface area is 225 Å². The fourth-order valence-corrected chi connectivity index (χ4v) is 4.82. The van der Waals surface area contributed by atoms with Crippen LogP contribution in [0.4, 0.5) is 14.5 Å². The first-order valence-electron chi connectivity index (χ1n) is 12.7. The lowest BCUT2D eigenvalue weighted by Gasteiger charge is -2.47. The number of hydrogen-bond donors (Lipinski definition) is 0. The van der Waals surface area contributed by atoms with Crippen molar-refractivity contribution in [2.24, 2.45) is 5.92 Å². The molecule has 198 valence electrons. The molecule has 5 rings (SSSR count). The highest BCUT2D eigenvalue weighted by molar-refractivity contribution is 6.04. The van der Waals surface area contributed by atoms with E-state index in [1.807, 2.05) is 48.5 Å². The number of carbonyl (C=O) groups excluding carboxylic acids is 2. The Balaban J connectivity index is 1.31. The first-order valence-corrected chi connectivity index (χ1v) is 12.7. The summed E-state index contributed by atoms with van der Waals surface area (Å²) < 4.78 is 37.9. The predicted molar refractivity (Wildman–Crippen MR) is 144 cm³/mol. The highest BCUT2D eigenvalue weighted by atomic mass is 19.1. The van der Waals surface area contributed by atoms with Crippen molar-refractivity contribution in [2.75, 3.05) is 12.0 Å². The highest BCUT2D eigenvalue weighted by Gasteiger charge is 2.48. The molecule has 4 aromatic rings. The van der Waals surface area contributed by atoms with Gasteiger partial charge in [0.1, 0.15) is 29.7 Å². The van der Waals surface area contributed by atoms with Gasteiger partial charge in [0.15, 0.2) is 5.78 Å². The lowest BCUT2D eigenvalue weighted by molar-refractivity contribution is -0.130. The number of anilines is 1. The quantitative estimate of drug-likeness (QED) is 0.166. The fraction of sp³-hybridized carbons (Fsp3) is 0.188. The van der Waals surface area contributed by atoms with Crippen LogP contribution in [-0.4, -0.2) is 18.8 Å². The number of halogens is 2. The van der Waals surface area contributed by atoms with Crippen molar-refractivity contribution < 1.29 is 27.8 Å². The maximum atomic E-state index is 13.6. The minimum atomic E-state index is -0.425. The summed E-state index contributed by atoms with van der Waals surface area (Å²) in [6, 6.07) is 26.0. The number of benzene rings is 4. The normalized spacial score (nSPS) is 16.5. The van der Waals surface area contributed by atoms with Gasteiger partial charge in [-0.2, -0.15) is 0 Å². The summed E-state index contributed by atoms with van der Waals surface area (Å²) in [4.78, 5) is 27.6. The van der Waals surface area contributed by atoms with Crippen molar-refractivity contribution in [3.63, 3.8) is 0 Å². The van der Waals surface area contributed by atoms with Crippen molar-refractivity contribution in [1.29, 1.82) is 0 Å². The van der Waals surface area contributed by atoms with E-state index in [1.165, 1.54) is 36.4 Å². The lowest BCUT2D eigenvalue weighted by atomic mass is 9.78. The largest absolute Gasteiger partial charge is 0.497 e. The van der Waals surface area contributed by atoms with E-state index in [0.29, 0.717) is 30.0 Å². The van der Waals surface area contributed by atoms with E-state index < -0.39 is 11.7 Å². The Morgan fingerprint density at radius 2 is 1.38 bits per heavy atom. The van der Waals surface area contributed by atoms with Crippen molar-refractivity contribution in [2.45, 2.75) is 25.5 Å². The van der Waals surface area contributed by atoms with Crippen LogP contribution in [0, 0.1) is 17.6 Å². The van der Waals surface area contributed by atoms with E-state index in [0.717, 1.165) is 16.9 Å². The van der Waals surface area contributed by atoms with Gasteiger partial charge < -0.3 is 14.4 Å². The third kappa shape index (κ3) is 5.82. The van der Waals surface area contributed by atoms with Gasteiger partial charge in [0, 0.05) is 17.7 Å². The maximum Gasteiger partial charge on any atom is 0.233 e. The molecular formula is C32H27F2NO4. The fourth-order valence-electron chi connectivity index (χ4n) is 4.82. The molecule has 2 atom stereocenters. The second-order valence-corrected chi connectivity index (χ2v) is 9.41. The van der Waals surface area contributed by atoms with Gasteiger partial charge in [-0.15, -0.1) is 0 Å². The standard InChI is InChI=1S/C32H27F2NO4/c1-38-27-14-2-21(3-15-27)20-39-28-16-6-23(7-17-28)31-29(18-19-30(36)22-4-8-24(33)9-5-22)32(37)35(31)26-12-10-25(34)11-13-26/h2-17,29,31H,18-20H2,1H3. The van der Waals surface area contributed by atoms with E-state index >= 15 is 0 Å². The summed E-state index contributed by atoms with van der Waals surface area (Å²) in [5, 5.41) is 0. The second-order valence-electron chi connectivity index (χ2n) is 9.41. The predicted octanol–water partition coefficient (Wildman–Crippen LogP) is 6.92. The Hall–Kier alpha value is -4.52. The zero-order chi connectivity index (χ0) is 27.4. The summed E-state index contributed by atoms with van der Waals surface area (Å²) in [6.07, 6.45) is 0.492. The monoisotopic (exact) mass is 527 g/mol. The Morgan fingerprint density at radius 3 is 2.00 bits per heavy atom. The van der Waals surface area contributed by atoms with Crippen molar-refractivity contribution in [3.8, 4) is 11.5 Å². The number of nitrogens with zero attached hydrogens (tertiary/aromatic N) is 1. The molecule has 0 spiro atoms. The molecule has 0 aromatic heterocycles. The number of ketones is 1.